The third kappa shape index (κ3) is 3.80. The molecule has 0 saturated heterocycles. The molecule has 7 heteroatoms. The van der Waals surface area contributed by atoms with Crippen LogP contribution in [-0.2, 0) is 11.3 Å². The van der Waals surface area contributed by atoms with E-state index in [-0.39, 0.29) is 11.8 Å². The predicted octanol–water partition coefficient (Wildman–Crippen LogP) is 3.97. The van der Waals surface area contributed by atoms with Gasteiger partial charge in [-0.15, -0.1) is 11.8 Å². The van der Waals surface area contributed by atoms with E-state index in [4.69, 9.17) is 23.2 Å². The van der Waals surface area contributed by atoms with E-state index in [1.165, 1.54) is 11.8 Å². The highest BCUT2D eigenvalue weighted by Crippen LogP contribution is 2.32. The van der Waals surface area contributed by atoms with Crippen molar-refractivity contribution in [1.29, 1.82) is 0 Å². The molecular weight excluding hydrogens is 355 g/mol. The minimum absolute atomic E-state index is 0.0620. The molecule has 0 aromatic heterocycles. The molecule has 118 valence electrons. The van der Waals surface area contributed by atoms with E-state index < -0.39 is 0 Å². The third-order valence-electron chi connectivity index (χ3n) is 3.33. The van der Waals surface area contributed by atoms with Gasteiger partial charge in [-0.2, -0.15) is 0 Å². The normalized spacial score (nSPS) is 13.2. The molecule has 1 aliphatic heterocycles. The van der Waals surface area contributed by atoms with Gasteiger partial charge < -0.3 is 10.6 Å². The summed E-state index contributed by atoms with van der Waals surface area (Å²) in [7, 11) is 0. The van der Waals surface area contributed by atoms with Gasteiger partial charge in [0.05, 0.1) is 11.4 Å². The lowest BCUT2D eigenvalue weighted by Crippen LogP contribution is -2.24. The second kappa shape index (κ2) is 6.83. The average molecular weight is 367 g/mol. The molecule has 1 heterocycles. The van der Waals surface area contributed by atoms with Crippen LogP contribution in [0.25, 0.3) is 0 Å². The number of hydrogen-bond acceptors (Lipinski definition) is 3. The fraction of sp³-hybridized carbons (Fsp3) is 0.125. The Hall–Kier alpha value is -1.69. The van der Waals surface area contributed by atoms with Crippen molar-refractivity contribution < 1.29 is 9.59 Å². The second-order valence-electron chi connectivity index (χ2n) is 4.97. The molecule has 0 fully saturated rings. The predicted molar refractivity (Wildman–Crippen MR) is 93.4 cm³/mol. The van der Waals surface area contributed by atoms with Crippen LogP contribution < -0.4 is 10.6 Å². The van der Waals surface area contributed by atoms with E-state index in [0.29, 0.717) is 33.6 Å². The minimum Gasteiger partial charge on any atom is -0.348 e. The van der Waals surface area contributed by atoms with Gasteiger partial charge in [0.25, 0.3) is 5.91 Å². The van der Waals surface area contributed by atoms with Crippen molar-refractivity contribution in [1.82, 2.24) is 5.32 Å². The van der Waals surface area contributed by atoms with Crippen LogP contribution in [0.3, 0.4) is 0 Å². The number of anilines is 1. The van der Waals surface area contributed by atoms with Gasteiger partial charge in [0, 0.05) is 27.0 Å². The van der Waals surface area contributed by atoms with E-state index in [1.807, 2.05) is 6.07 Å². The Morgan fingerprint density at radius 3 is 2.83 bits per heavy atom. The lowest BCUT2D eigenvalue weighted by Gasteiger charge is -2.17. The maximum atomic E-state index is 12.3. The summed E-state index contributed by atoms with van der Waals surface area (Å²) < 4.78 is 0. The third-order valence-corrected chi connectivity index (χ3v) is 4.99. The number of carbonyl (C=O) groups excluding carboxylic acids is 2. The van der Waals surface area contributed by atoms with Gasteiger partial charge in [0.15, 0.2) is 0 Å². The first kappa shape index (κ1) is 16.2. The number of hydrogen-bond donors (Lipinski definition) is 2. The van der Waals surface area contributed by atoms with Crippen LogP contribution in [0.4, 0.5) is 5.69 Å². The zero-order valence-electron chi connectivity index (χ0n) is 11.9. The molecule has 0 saturated carbocycles. The van der Waals surface area contributed by atoms with E-state index in [0.717, 1.165) is 10.5 Å². The highest BCUT2D eigenvalue weighted by atomic mass is 35.5. The molecule has 0 radical (unpaired) electrons. The van der Waals surface area contributed by atoms with Gasteiger partial charge in [-0.05, 0) is 35.9 Å². The summed E-state index contributed by atoms with van der Waals surface area (Å²) >= 11 is 13.4. The van der Waals surface area contributed by atoms with Crippen molar-refractivity contribution in [3.05, 3.63) is 57.6 Å². The van der Waals surface area contributed by atoms with Gasteiger partial charge in [-0.25, -0.2) is 0 Å². The van der Waals surface area contributed by atoms with Crippen molar-refractivity contribution in [2.24, 2.45) is 0 Å². The van der Waals surface area contributed by atoms with Crippen LogP contribution in [0, 0.1) is 0 Å². The first-order valence-electron chi connectivity index (χ1n) is 6.82. The first-order valence-corrected chi connectivity index (χ1v) is 8.56. The fourth-order valence-corrected chi connectivity index (χ4v) is 3.43. The fourth-order valence-electron chi connectivity index (χ4n) is 2.17. The number of thioether (sulfide) groups is 1. The standard InChI is InChI=1S/C16H12Cl2N2O2S/c17-11-3-1-10(12(18)6-11)7-19-16(22)9-2-4-14-13(5-9)20-15(21)8-23-14/h1-6H,7-8H2,(H,19,22)(H,20,21). The zero-order valence-corrected chi connectivity index (χ0v) is 14.2. The van der Waals surface area contributed by atoms with Gasteiger partial charge in [-0.1, -0.05) is 29.3 Å². The van der Waals surface area contributed by atoms with Crippen LogP contribution in [-0.4, -0.2) is 17.6 Å². The zero-order chi connectivity index (χ0) is 16.4. The Morgan fingerprint density at radius 1 is 1.22 bits per heavy atom. The maximum absolute atomic E-state index is 12.3. The monoisotopic (exact) mass is 366 g/mol. The summed E-state index contributed by atoms with van der Waals surface area (Å²) in [4.78, 5) is 24.6. The topological polar surface area (TPSA) is 58.2 Å². The first-order chi connectivity index (χ1) is 11.0. The van der Waals surface area contributed by atoms with Crippen molar-refractivity contribution in [2.45, 2.75) is 11.4 Å². The summed E-state index contributed by atoms with van der Waals surface area (Å²) in [5.41, 5.74) is 1.94. The minimum atomic E-state index is -0.233. The Morgan fingerprint density at radius 2 is 2.04 bits per heavy atom. The Bertz CT molecular complexity index is 796. The van der Waals surface area contributed by atoms with Crippen LogP contribution in [0.15, 0.2) is 41.3 Å². The van der Waals surface area contributed by atoms with Crippen molar-refractivity contribution in [3.8, 4) is 0 Å². The molecule has 4 nitrogen and oxygen atoms in total. The van der Waals surface area contributed by atoms with E-state index in [2.05, 4.69) is 10.6 Å². The number of benzene rings is 2. The molecule has 2 aromatic carbocycles. The molecule has 2 N–H and O–H groups in total. The molecule has 0 unspecified atom stereocenters. The van der Waals surface area contributed by atoms with E-state index in [1.54, 1.807) is 30.3 Å². The molecule has 0 spiro atoms. The maximum Gasteiger partial charge on any atom is 0.251 e. The molecule has 1 aliphatic rings. The van der Waals surface area contributed by atoms with Gasteiger partial charge in [-0.3, -0.25) is 9.59 Å². The van der Waals surface area contributed by atoms with Crippen LogP contribution in [0.1, 0.15) is 15.9 Å². The highest BCUT2D eigenvalue weighted by molar-refractivity contribution is 8.00. The lowest BCUT2D eigenvalue weighted by atomic mass is 10.1. The summed E-state index contributed by atoms with van der Waals surface area (Å²) in [6.45, 7) is 0.299. The van der Waals surface area contributed by atoms with Crippen LogP contribution in [0.2, 0.25) is 10.0 Å². The molecule has 0 aliphatic carbocycles. The molecule has 23 heavy (non-hydrogen) atoms. The van der Waals surface area contributed by atoms with Crippen molar-refractivity contribution in [3.63, 3.8) is 0 Å². The molecule has 2 aromatic rings. The lowest BCUT2D eigenvalue weighted by molar-refractivity contribution is -0.113. The van der Waals surface area contributed by atoms with E-state index >= 15 is 0 Å². The van der Waals surface area contributed by atoms with Crippen LogP contribution in [0.5, 0.6) is 0 Å². The molecule has 0 atom stereocenters. The largest absolute Gasteiger partial charge is 0.348 e. The Balaban J connectivity index is 1.71. The SMILES string of the molecule is O=C1CSc2ccc(C(=O)NCc3ccc(Cl)cc3Cl)cc2N1. The Labute approximate surface area is 147 Å². The average Bonchev–Trinajstić information content (AvgIpc) is 2.53. The summed E-state index contributed by atoms with van der Waals surface area (Å²) in [5, 5.41) is 6.63. The number of carbonyl (C=O) groups is 2. The number of rotatable bonds is 3. The van der Waals surface area contributed by atoms with Crippen LogP contribution >= 0.6 is 35.0 Å². The molecule has 0 bridgehead atoms. The van der Waals surface area contributed by atoms with Gasteiger partial charge in [0.1, 0.15) is 0 Å². The molecule has 3 rings (SSSR count). The molecule has 2 amide bonds. The number of amides is 2. The summed E-state index contributed by atoms with van der Waals surface area (Å²) in [6.07, 6.45) is 0. The molecular formula is C16H12Cl2N2O2S. The van der Waals surface area contributed by atoms with Crippen molar-refractivity contribution in [2.75, 3.05) is 11.1 Å². The summed E-state index contributed by atoms with van der Waals surface area (Å²) in [5.74, 6) is 0.102. The smallest absolute Gasteiger partial charge is 0.251 e. The second-order valence-corrected chi connectivity index (χ2v) is 6.83. The highest BCUT2D eigenvalue weighted by Gasteiger charge is 2.17. The number of fused-ring (bicyclic) bond motifs is 1. The van der Waals surface area contributed by atoms with Gasteiger partial charge >= 0.3 is 0 Å². The van der Waals surface area contributed by atoms with Crippen molar-refractivity contribution >= 4 is 52.5 Å². The van der Waals surface area contributed by atoms with E-state index in [9.17, 15) is 9.59 Å². The quantitative estimate of drug-likeness (QED) is 0.863. The summed E-state index contributed by atoms with van der Waals surface area (Å²) in [6, 6.07) is 10.4. The number of halogens is 2. The number of nitrogens with one attached hydrogen (secondary N) is 2. The Kier molecular flexibility index (Phi) is 4.80. The van der Waals surface area contributed by atoms with Gasteiger partial charge in [0.2, 0.25) is 5.91 Å².